The van der Waals surface area contributed by atoms with Crippen molar-refractivity contribution in [3.05, 3.63) is 11.0 Å². The highest BCUT2D eigenvalue weighted by Crippen LogP contribution is 2.32. The van der Waals surface area contributed by atoms with E-state index in [9.17, 15) is 4.79 Å². The highest BCUT2D eigenvalue weighted by atomic mass is 35.5. The number of carbonyl (C=O) groups is 1. The van der Waals surface area contributed by atoms with Crippen LogP contribution in [-0.2, 0) is 4.79 Å². The Balaban J connectivity index is 2.45. The van der Waals surface area contributed by atoms with E-state index in [0.717, 1.165) is 6.42 Å². The molecule has 6 heteroatoms. The Morgan fingerprint density at radius 3 is 2.82 bits per heavy atom. The normalized spacial score (nSPS) is 23.4. The van der Waals surface area contributed by atoms with Gasteiger partial charge in [-0.2, -0.15) is 4.98 Å². The molecule has 2 heterocycles. The van der Waals surface area contributed by atoms with Crippen LogP contribution in [0.2, 0.25) is 5.28 Å². The van der Waals surface area contributed by atoms with Crippen molar-refractivity contribution in [1.82, 2.24) is 9.97 Å². The molecule has 1 aliphatic rings. The Morgan fingerprint density at radius 1 is 1.47 bits per heavy atom. The minimum absolute atomic E-state index is 0.0136. The fraction of sp³-hybridized carbons (Fsp3) is 0.545. The second-order valence-corrected chi connectivity index (χ2v) is 4.86. The summed E-state index contributed by atoms with van der Waals surface area (Å²) in [6.07, 6.45) is 0.750. The van der Waals surface area contributed by atoms with Crippen LogP contribution in [0.25, 0.3) is 0 Å². The summed E-state index contributed by atoms with van der Waals surface area (Å²) in [6.45, 7) is 6.24. The molecule has 5 nitrogen and oxygen atoms in total. The van der Waals surface area contributed by atoms with Crippen molar-refractivity contribution in [3.63, 3.8) is 0 Å². The van der Waals surface area contributed by atoms with Crippen molar-refractivity contribution in [1.29, 1.82) is 0 Å². The SMILES string of the molecule is CCC1(C)CNc2nc(Cl)nc(C)c2NC1=O. The van der Waals surface area contributed by atoms with E-state index in [1.165, 1.54) is 0 Å². The van der Waals surface area contributed by atoms with Gasteiger partial charge in [0.25, 0.3) is 0 Å². The number of nitrogens with zero attached hydrogens (tertiary/aromatic N) is 2. The Labute approximate surface area is 105 Å². The Morgan fingerprint density at radius 2 is 2.18 bits per heavy atom. The Bertz CT molecular complexity index is 477. The standard InChI is InChI=1S/C11H15ClN4O/c1-4-11(3)5-13-8-7(15-9(11)17)6(2)14-10(12)16-8/h4-5H2,1-3H3,(H,15,17)(H,13,14,16). The van der Waals surface area contributed by atoms with Gasteiger partial charge in [0.05, 0.1) is 11.1 Å². The molecule has 92 valence electrons. The van der Waals surface area contributed by atoms with Crippen molar-refractivity contribution in [2.24, 2.45) is 5.41 Å². The van der Waals surface area contributed by atoms with Gasteiger partial charge in [-0.3, -0.25) is 4.79 Å². The highest BCUT2D eigenvalue weighted by molar-refractivity contribution is 6.28. The van der Waals surface area contributed by atoms with E-state index in [4.69, 9.17) is 11.6 Å². The van der Waals surface area contributed by atoms with Crippen molar-refractivity contribution in [2.75, 3.05) is 17.2 Å². The fourth-order valence-corrected chi connectivity index (χ4v) is 1.94. The molecule has 1 aromatic heterocycles. The number of amides is 1. The molecule has 1 aliphatic heterocycles. The largest absolute Gasteiger partial charge is 0.367 e. The van der Waals surface area contributed by atoms with Gasteiger partial charge in [-0.1, -0.05) is 6.92 Å². The molecule has 0 saturated carbocycles. The van der Waals surface area contributed by atoms with Crippen molar-refractivity contribution in [2.45, 2.75) is 27.2 Å². The molecule has 0 aliphatic carbocycles. The van der Waals surface area contributed by atoms with Crippen LogP contribution >= 0.6 is 11.6 Å². The third-order valence-corrected chi connectivity index (χ3v) is 3.44. The van der Waals surface area contributed by atoms with E-state index in [1.54, 1.807) is 6.92 Å². The van der Waals surface area contributed by atoms with Crippen LogP contribution in [0.15, 0.2) is 0 Å². The van der Waals surface area contributed by atoms with E-state index in [1.807, 2.05) is 13.8 Å². The van der Waals surface area contributed by atoms with Gasteiger partial charge in [-0.15, -0.1) is 0 Å². The van der Waals surface area contributed by atoms with Gasteiger partial charge < -0.3 is 10.6 Å². The Kier molecular flexibility index (Phi) is 2.95. The number of hydrogen-bond acceptors (Lipinski definition) is 4. The molecule has 1 unspecified atom stereocenters. The molecule has 17 heavy (non-hydrogen) atoms. The third-order valence-electron chi connectivity index (χ3n) is 3.28. The molecule has 1 amide bonds. The minimum atomic E-state index is -0.445. The first-order chi connectivity index (χ1) is 7.96. The lowest BCUT2D eigenvalue weighted by atomic mass is 9.86. The van der Waals surface area contributed by atoms with Gasteiger partial charge in [0, 0.05) is 6.54 Å². The van der Waals surface area contributed by atoms with Crippen LogP contribution in [0.5, 0.6) is 0 Å². The molecule has 0 aromatic carbocycles. The van der Waals surface area contributed by atoms with Gasteiger partial charge in [0.1, 0.15) is 5.69 Å². The summed E-state index contributed by atoms with van der Waals surface area (Å²) in [5.41, 5.74) is 0.845. The zero-order chi connectivity index (χ0) is 12.6. The molecule has 2 rings (SSSR count). The van der Waals surface area contributed by atoms with Gasteiger partial charge in [0.15, 0.2) is 5.82 Å². The highest BCUT2D eigenvalue weighted by Gasteiger charge is 2.35. The number of halogens is 1. The Hall–Kier alpha value is -1.36. The number of hydrogen-bond donors (Lipinski definition) is 2. The van der Waals surface area contributed by atoms with Crippen LogP contribution in [-0.4, -0.2) is 22.4 Å². The number of anilines is 2. The molecule has 0 saturated heterocycles. The summed E-state index contributed by atoms with van der Waals surface area (Å²) in [4.78, 5) is 20.3. The molecule has 0 fully saturated rings. The van der Waals surface area contributed by atoms with Crippen LogP contribution in [0.4, 0.5) is 11.5 Å². The van der Waals surface area contributed by atoms with Gasteiger partial charge >= 0.3 is 0 Å². The second-order valence-electron chi connectivity index (χ2n) is 4.52. The van der Waals surface area contributed by atoms with Crippen molar-refractivity contribution >= 4 is 29.0 Å². The quantitative estimate of drug-likeness (QED) is 0.754. The summed E-state index contributed by atoms with van der Waals surface area (Å²) in [7, 11) is 0. The first-order valence-corrected chi connectivity index (χ1v) is 5.93. The first-order valence-electron chi connectivity index (χ1n) is 5.56. The smallest absolute Gasteiger partial charge is 0.232 e. The number of fused-ring (bicyclic) bond motifs is 1. The summed E-state index contributed by atoms with van der Waals surface area (Å²) >= 11 is 5.80. The lowest BCUT2D eigenvalue weighted by molar-refractivity contribution is -0.124. The topological polar surface area (TPSA) is 66.9 Å². The average Bonchev–Trinajstić information content (AvgIpc) is 2.40. The zero-order valence-electron chi connectivity index (χ0n) is 10.1. The molecule has 1 aromatic rings. The maximum Gasteiger partial charge on any atom is 0.232 e. The maximum atomic E-state index is 12.1. The van der Waals surface area contributed by atoms with Crippen LogP contribution in [0.3, 0.4) is 0 Å². The fourth-order valence-electron chi connectivity index (χ4n) is 1.73. The van der Waals surface area contributed by atoms with Crippen molar-refractivity contribution < 1.29 is 4.79 Å². The van der Waals surface area contributed by atoms with Crippen LogP contribution in [0, 0.1) is 12.3 Å². The number of aromatic nitrogens is 2. The summed E-state index contributed by atoms with van der Waals surface area (Å²) in [6, 6.07) is 0. The maximum absolute atomic E-state index is 12.1. The van der Waals surface area contributed by atoms with Crippen molar-refractivity contribution in [3.8, 4) is 0 Å². The summed E-state index contributed by atoms with van der Waals surface area (Å²) in [5.74, 6) is 0.577. The lowest BCUT2D eigenvalue weighted by Gasteiger charge is -2.23. The second kappa shape index (κ2) is 4.14. The number of nitrogens with one attached hydrogen (secondary N) is 2. The third kappa shape index (κ3) is 2.07. The molecule has 0 radical (unpaired) electrons. The number of rotatable bonds is 1. The van der Waals surface area contributed by atoms with E-state index < -0.39 is 5.41 Å². The predicted octanol–water partition coefficient (Wildman–Crippen LogP) is 2.22. The lowest BCUT2D eigenvalue weighted by Crippen LogP contribution is -2.36. The van der Waals surface area contributed by atoms with E-state index in [2.05, 4.69) is 20.6 Å². The van der Waals surface area contributed by atoms with Gasteiger partial charge in [-0.25, -0.2) is 4.98 Å². The molecule has 0 spiro atoms. The van der Waals surface area contributed by atoms with Gasteiger partial charge in [0.2, 0.25) is 11.2 Å². The van der Waals surface area contributed by atoms with Crippen LogP contribution in [0.1, 0.15) is 26.0 Å². The van der Waals surface area contributed by atoms with Gasteiger partial charge in [-0.05, 0) is 31.9 Å². The first kappa shape index (κ1) is 12.1. The summed E-state index contributed by atoms with van der Waals surface area (Å²) in [5, 5.41) is 6.22. The van der Waals surface area contributed by atoms with Crippen LogP contribution < -0.4 is 10.6 Å². The predicted molar refractivity (Wildman–Crippen MR) is 67.3 cm³/mol. The molecule has 0 bridgehead atoms. The van der Waals surface area contributed by atoms with E-state index in [-0.39, 0.29) is 11.2 Å². The molecule has 2 N–H and O–H groups in total. The molecule has 1 atom stereocenters. The average molecular weight is 255 g/mol. The molecular weight excluding hydrogens is 240 g/mol. The van der Waals surface area contributed by atoms with E-state index >= 15 is 0 Å². The number of aryl methyl sites for hydroxylation is 1. The van der Waals surface area contributed by atoms with E-state index in [0.29, 0.717) is 23.7 Å². The summed E-state index contributed by atoms with van der Waals surface area (Å²) < 4.78 is 0. The zero-order valence-corrected chi connectivity index (χ0v) is 10.9. The number of carbonyl (C=O) groups excluding carboxylic acids is 1. The monoisotopic (exact) mass is 254 g/mol. The minimum Gasteiger partial charge on any atom is -0.367 e. The molecular formula is C11H15ClN4O.